The van der Waals surface area contributed by atoms with E-state index in [0.29, 0.717) is 5.56 Å². The van der Waals surface area contributed by atoms with Gasteiger partial charge in [0.1, 0.15) is 5.82 Å². The van der Waals surface area contributed by atoms with E-state index in [4.69, 9.17) is 11.6 Å². The summed E-state index contributed by atoms with van der Waals surface area (Å²) < 4.78 is 12.9. The molecule has 0 heterocycles. The Morgan fingerprint density at radius 1 is 1.38 bits per heavy atom. The van der Waals surface area contributed by atoms with Crippen LogP contribution in [0.25, 0.3) is 0 Å². The zero-order valence-electron chi connectivity index (χ0n) is 6.81. The minimum atomic E-state index is -0.365. The van der Waals surface area contributed by atoms with E-state index in [1.165, 1.54) is 12.3 Å². The van der Waals surface area contributed by atoms with Crippen LogP contribution in [0.1, 0.15) is 5.56 Å². The van der Waals surface area contributed by atoms with Crippen molar-refractivity contribution < 1.29 is 4.39 Å². The van der Waals surface area contributed by atoms with Gasteiger partial charge in [0.15, 0.2) is 0 Å². The molecule has 0 atom stereocenters. The summed E-state index contributed by atoms with van der Waals surface area (Å²) in [5, 5.41) is 3.11. The van der Waals surface area contributed by atoms with E-state index in [1.807, 2.05) is 0 Å². The van der Waals surface area contributed by atoms with Gasteiger partial charge in [0.25, 0.3) is 0 Å². The molecule has 0 saturated heterocycles. The largest absolute Gasteiger partial charge is 0.367 e. The topological polar surface area (TPSA) is 76.8 Å². The van der Waals surface area contributed by atoms with Gasteiger partial charge in [-0.05, 0) is 6.07 Å². The smallest absolute Gasteiger partial charge is 0.236 e. The summed E-state index contributed by atoms with van der Waals surface area (Å²) in [6.45, 7) is 0. The SMILES string of the molecule is NN=C(N)N=Cc1ccccc1F. The highest BCUT2D eigenvalue weighted by Gasteiger charge is 1.95. The van der Waals surface area contributed by atoms with Gasteiger partial charge in [-0.25, -0.2) is 9.38 Å². The van der Waals surface area contributed by atoms with Gasteiger partial charge >= 0.3 is 0 Å². The minimum absolute atomic E-state index is 0.0942. The molecule has 0 fully saturated rings. The summed E-state index contributed by atoms with van der Waals surface area (Å²) in [5.74, 6) is 4.37. The Labute approximate surface area is 74.8 Å². The lowest BCUT2D eigenvalue weighted by Gasteiger charge is -1.93. The first-order valence-electron chi connectivity index (χ1n) is 3.56. The molecule has 13 heavy (non-hydrogen) atoms. The number of aliphatic imine (C=N–C) groups is 1. The molecule has 1 rings (SSSR count). The third-order valence-corrected chi connectivity index (χ3v) is 1.37. The number of halogens is 1. The molecular weight excluding hydrogens is 171 g/mol. The van der Waals surface area contributed by atoms with Crippen LogP contribution in [0.2, 0.25) is 0 Å². The van der Waals surface area contributed by atoms with Crippen molar-refractivity contribution in [1.82, 2.24) is 0 Å². The van der Waals surface area contributed by atoms with Gasteiger partial charge in [0, 0.05) is 11.8 Å². The second kappa shape index (κ2) is 4.20. The molecule has 0 saturated carbocycles. The van der Waals surface area contributed by atoms with Gasteiger partial charge in [-0.15, -0.1) is 5.10 Å². The summed E-state index contributed by atoms with van der Waals surface area (Å²) >= 11 is 0. The van der Waals surface area contributed by atoms with Crippen LogP contribution < -0.4 is 11.6 Å². The molecule has 4 nitrogen and oxygen atoms in total. The fourth-order valence-corrected chi connectivity index (χ4v) is 0.749. The van der Waals surface area contributed by atoms with E-state index in [9.17, 15) is 4.39 Å². The number of nitrogens with two attached hydrogens (primary N) is 2. The number of hydrazone groups is 1. The molecular formula is C8H9FN4. The van der Waals surface area contributed by atoms with Crippen LogP contribution in [-0.4, -0.2) is 12.2 Å². The van der Waals surface area contributed by atoms with Crippen LogP contribution in [-0.2, 0) is 0 Å². The Balaban J connectivity index is 2.86. The van der Waals surface area contributed by atoms with Crippen LogP contribution in [0.5, 0.6) is 0 Å². The lowest BCUT2D eigenvalue weighted by atomic mass is 10.2. The second-order valence-corrected chi connectivity index (χ2v) is 2.27. The van der Waals surface area contributed by atoms with Gasteiger partial charge in [-0.1, -0.05) is 18.2 Å². The summed E-state index contributed by atoms with van der Waals surface area (Å²) in [6.07, 6.45) is 1.26. The molecule has 0 unspecified atom stereocenters. The summed E-state index contributed by atoms with van der Waals surface area (Å²) in [4.78, 5) is 3.61. The van der Waals surface area contributed by atoms with E-state index < -0.39 is 0 Å². The van der Waals surface area contributed by atoms with Crippen molar-refractivity contribution in [2.75, 3.05) is 0 Å². The van der Waals surface area contributed by atoms with E-state index >= 15 is 0 Å². The van der Waals surface area contributed by atoms with Gasteiger partial charge in [-0.2, -0.15) is 0 Å². The van der Waals surface area contributed by atoms with Crippen LogP contribution in [0.3, 0.4) is 0 Å². The second-order valence-electron chi connectivity index (χ2n) is 2.27. The first-order valence-corrected chi connectivity index (χ1v) is 3.56. The van der Waals surface area contributed by atoms with Crippen molar-refractivity contribution >= 4 is 12.2 Å². The maximum absolute atomic E-state index is 12.9. The highest BCUT2D eigenvalue weighted by molar-refractivity contribution is 5.92. The van der Waals surface area contributed by atoms with Crippen molar-refractivity contribution in [2.24, 2.45) is 21.7 Å². The molecule has 0 aliphatic heterocycles. The van der Waals surface area contributed by atoms with Gasteiger partial charge < -0.3 is 11.6 Å². The molecule has 5 heteroatoms. The molecule has 0 aliphatic rings. The standard InChI is InChI=1S/C8H9FN4/c9-7-4-2-1-3-6(7)5-12-8(10)13-11/h1-5H,11H2,(H2,10,13). The Hall–Kier alpha value is -1.91. The Bertz CT molecular complexity index is 346. The van der Waals surface area contributed by atoms with Crippen molar-refractivity contribution in [3.05, 3.63) is 35.6 Å². The number of hydrogen-bond donors (Lipinski definition) is 2. The molecule has 1 aromatic carbocycles. The van der Waals surface area contributed by atoms with E-state index in [0.717, 1.165) is 0 Å². The van der Waals surface area contributed by atoms with Gasteiger partial charge in [0.2, 0.25) is 5.96 Å². The number of guanidine groups is 1. The quantitative estimate of drug-likeness (QED) is 0.284. The van der Waals surface area contributed by atoms with Crippen LogP contribution in [0, 0.1) is 5.82 Å². The van der Waals surface area contributed by atoms with Crippen molar-refractivity contribution in [3.63, 3.8) is 0 Å². The first-order chi connectivity index (χ1) is 6.24. The average Bonchev–Trinajstić information content (AvgIpc) is 2.16. The first kappa shape index (κ1) is 9.18. The van der Waals surface area contributed by atoms with Crippen LogP contribution in [0.4, 0.5) is 4.39 Å². The highest BCUT2D eigenvalue weighted by atomic mass is 19.1. The number of hydrogen-bond acceptors (Lipinski definition) is 2. The van der Waals surface area contributed by atoms with Crippen LogP contribution in [0.15, 0.2) is 34.4 Å². The molecule has 4 N–H and O–H groups in total. The van der Waals surface area contributed by atoms with Crippen LogP contribution >= 0.6 is 0 Å². The zero-order valence-corrected chi connectivity index (χ0v) is 6.81. The Kier molecular flexibility index (Phi) is 2.97. The molecule has 0 bridgehead atoms. The maximum atomic E-state index is 12.9. The normalized spacial score (nSPS) is 12.2. The van der Waals surface area contributed by atoms with Gasteiger partial charge in [-0.3, -0.25) is 0 Å². The molecule has 68 valence electrons. The molecule has 1 aromatic rings. The molecule has 0 aliphatic carbocycles. The molecule has 0 radical (unpaired) electrons. The van der Waals surface area contributed by atoms with Gasteiger partial charge in [0.05, 0.1) is 0 Å². The van der Waals surface area contributed by atoms with Crippen molar-refractivity contribution in [1.29, 1.82) is 0 Å². The summed E-state index contributed by atoms with van der Waals surface area (Å²) in [7, 11) is 0. The highest BCUT2D eigenvalue weighted by Crippen LogP contribution is 2.02. The predicted molar refractivity (Wildman–Crippen MR) is 49.8 cm³/mol. The van der Waals surface area contributed by atoms with E-state index in [1.54, 1.807) is 18.2 Å². The lowest BCUT2D eigenvalue weighted by Crippen LogP contribution is -2.11. The van der Waals surface area contributed by atoms with Crippen molar-refractivity contribution in [2.45, 2.75) is 0 Å². The average molecular weight is 180 g/mol. The molecule has 0 spiro atoms. The summed E-state index contributed by atoms with van der Waals surface area (Å²) in [5.41, 5.74) is 5.52. The zero-order chi connectivity index (χ0) is 9.68. The number of rotatable bonds is 1. The lowest BCUT2D eigenvalue weighted by molar-refractivity contribution is 0.626. The fourth-order valence-electron chi connectivity index (χ4n) is 0.749. The maximum Gasteiger partial charge on any atom is 0.236 e. The Morgan fingerprint density at radius 2 is 2.08 bits per heavy atom. The monoisotopic (exact) mass is 180 g/mol. The fraction of sp³-hybridized carbons (Fsp3) is 0. The predicted octanol–water partition coefficient (Wildman–Crippen LogP) is 0.433. The third-order valence-electron chi connectivity index (χ3n) is 1.37. The Morgan fingerprint density at radius 3 is 2.69 bits per heavy atom. The minimum Gasteiger partial charge on any atom is -0.367 e. The van der Waals surface area contributed by atoms with Crippen molar-refractivity contribution in [3.8, 4) is 0 Å². The number of nitrogens with zero attached hydrogens (tertiary/aromatic N) is 2. The number of benzene rings is 1. The van der Waals surface area contributed by atoms with E-state index in [-0.39, 0.29) is 11.8 Å². The molecule has 0 aromatic heterocycles. The molecule has 0 amide bonds. The van der Waals surface area contributed by atoms with E-state index in [2.05, 4.69) is 10.1 Å². The third kappa shape index (κ3) is 2.55. The summed E-state index contributed by atoms with van der Waals surface area (Å²) in [6, 6.07) is 6.19.